The second-order valence-corrected chi connectivity index (χ2v) is 6.37. The Hall–Kier alpha value is -3.37. The largest absolute Gasteiger partial charge is 0.504 e. The fourth-order valence-corrected chi connectivity index (χ4v) is 2.99. The standard InChI is InChI=1S/C24H22O4/c1-28-22-16-17(14-15-21(22)25)8-7-12-18-9-5-6-13-20(18)24(27)23(26)19-10-3-2-4-11-19/h2-11,13-16,23,25-26H,12H2,1H3/b8-7+. The molecule has 3 rings (SSSR count). The molecule has 4 heteroatoms. The van der Waals surface area contributed by atoms with Gasteiger partial charge in [0.15, 0.2) is 17.3 Å². The molecule has 28 heavy (non-hydrogen) atoms. The van der Waals surface area contributed by atoms with Crippen LogP contribution in [0.3, 0.4) is 0 Å². The van der Waals surface area contributed by atoms with Gasteiger partial charge in [0.2, 0.25) is 0 Å². The Labute approximate surface area is 164 Å². The zero-order valence-corrected chi connectivity index (χ0v) is 15.6. The summed E-state index contributed by atoms with van der Waals surface area (Å²) >= 11 is 0. The van der Waals surface area contributed by atoms with Crippen LogP contribution >= 0.6 is 0 Å². The van der Waals surface area contributed by atoms with Crippen LogP contribution in [0.1, 0.15) is 33.2 Å². The molecule has 1 atom stereocenters. The van der Waals surface area contributed by atoms with E-state index in [2.05, 4.69) is 0 Å². The molecule has 0 bridgehead atoms. The van der Waals surface area contributed by atoms with Crippen LogP contribution in [0.5, 0.6) is 11.5 Å². The number of aliphatic hydroxyl groups excluding tert-OH is 1. The van der Waals surface area contributed by atoms with Crippen LogP contribution in [0.25, 0.3) is 6.08 Å². The summed E-state index contributed by atoms with van der Waals surface area (Å²) in [5.74, 6) is 0.177. The van der Waals surface area contributed by atoms with Crippen molar-refractivity contribution in [2.75, 3.05) is 7.11 Å². The predicted molar refractivity (Wildman–Crippen MR) is 110 cm³/mol. The van der Waals surface area contributed by atoms with Crippen molar-refractivity contribution in [2.24, 2.45) is 0 Å². The molecule has 0 fully saturated rings. The summed E-state index contributed by atoms with van der Waals surface area (Å²) in [4.78, 5) is 12.8. The molecule has 1 unspecified atom stereocenters. The molecule has 3 aromatic carbocycles. The number of aliphatic hydroxyl groups is 1. The van der Waals surface area contributed by atoms with E-state index in [1.807, 2.05) is 30.4 Å². The minimum absolute atomic E-state index is 0.0884. The maximum absolute atomic E-state index is 12.8. The number of phenolic OH excluding ortho intramolecular Hbond substituents is 1. The maximum atomic E-state index is 12.8. The summed E-state index contributed by atoms with van der Waals surface area (Å²) < 4.78 is 5.11. The minimum Gasteiger partial charge on any atom is -0.504 e. The number of ketones is 1. The molecular formula is C24H22O4. The average molecular weight is 374 g/mol. The van der Waals surface area contributed by atoms with E-state index in [0.29, 0.717) is 23.3 Å². The van der Waals surface area contributed by atoms with E-state index in [9.17, 15) is 15.0 Å². The summed E-state index contributed by atoms with van der Waals surface area (Å²) in [7, 11) is 1.50. The quantitative estimate of drug-likeness (QED) is 0.595. The summed E-state index contributed by atoms with van der Waals surface area (Å²) in [5, 5.41) is 20.1. The Morgan fingerprint density at radius 2 is 1.75 bits per heavy atom. The highest BCUT2D eigenvalue weighted by Crippen LogP contribution is 2.27. The van der Waals surface area contributed by atoms with E-state index < -0.39 is 6.10 Å². The number of benzene rings is 3. The first-order valence-corrected chi connectivity index (χ1v) is 8.99. The summed E-state index contributed by atoms with van der Waals surface area (Å²) in [6.45, 7) is 0. The molecule has 0 aliphatic rings. The van der Waals surface area contributed by atoms with Gasteiger partial charge in [-0.25, -0.2) is 0 Å². The van der Waals surface area contributed by atoms with Gasteiger partial charge >= 0.3 is 0 Å². The minimum atomic E-state index is -1.19. The third-order valence-corrected chi connectivity index (χ3v) is 4.50. The van der Waals surface area contributed by atoms with Gasteiger partial charge in [-0.15, -0.1) is 0 Å². The van der Waals surface area contributed by atoms with Crippen LogP contribution in [0.4, 0.5) is 0 Å². The number of carbonyl (C=O) groups excluding carboxylic acids is 1. The first-order chi connectivity index (χ1) is 13.6. The lowest BCUT2D eigenvalue weighted by molar-refractivity contribution is 0.0746. The van der Waals surface area contributed by atoms with E-state index >= 15 is 0 Å². The molecule has 0 saturated heterocycles. The third-order valence-electron chi connectivity index (χ3n) is 4.50. The number of hydrogen-bond acceptors (Lipinski definition) is 4. The van der Waals surface area contributed by atoms with Crippen molar-refractivity contribution in [2.45, 2.75) is 12.5 Å². The molecule has 0 spiro atoms. The fourth-order valence-electron chi connectivity index (χ4n) is 2.99. The van der Waals surface area contributed by atoms with Crippen LogP contribution in [-0.4, -0.2) is 23.1 Å². The Kier molecular flexibility index (Phi) is 6.25. The number of phenols is 1. The molecule has 0 heterocycles. The van der Waals surface area contributed by atoms with Gasteiger partial charge < -0.3 is 14.9 Å². The fraction of sp³-hybridized carbons (Fsp3) is 0.125. The van der Waals surface area contributed by atoms with E-state index in [1.165, 1.54) is 7.11 Å². The van der Waals surface area contributed by atoms with E-state index in [-0.39, 0.29) is 11.5 Å². The molecule has 0 aliphatic carbocycles. The molecule has 0 saturated carbocycles. The van der Waals surface area contributed by atoms with Crippen molar-refractivity contribution < 1.29 is 19.7 Å². The van der Waals surface area contributed by atoms with Gasteiger partial charge in [-0.05, 0) is 35.2 Å². The number of aromatic hydroxyl groups is 1. The number of rotatable bonds is 7. The highest BCUT2D eigenvalue weighted by Gasteiger charge is 2.20. The Balaban J connectivity index is 1.78. The molecule has 142 valence electrons. The molecule has 2 N–H and O–H groups in total. The normalized spacial score (nSPS) is 12.1. The maximum Gasteiger partial charge on any atom is 0.196 e. The lowest BCUT2D eigenvalue weighted by Crippen LogP contribution is -2.14. The second kappa shape index (κ2) is 9.02. The molecule has 0 aromatic heterocycles. The predicted octanol–water partition coefficient (Wildman–Crippen LogP) is 4.57. The topological polar surface area (TPSA) is 66.8 Å². The van der Waals surface area contributed by atoms with Gasteiger partial charge in [-0.1, -0.05) is 72.8 Å². The van der Waals surface area contributed by atoms with E-state index in [0.717, 1.165) is 11.1 Å². The van der Waals surface area contributed by atoms with Crippen molar-refractivity contribution in [1.82, 2.24) is 0 Å². The number of carbonyl (C=O) groups is 1. The monoisotopic (exact) mass is 374 g/mol. The van der Waals surface area contributed by atoms with Crippen LogP contribution in [0, 0.1) is 0 Å². The van der Waals surface area contributed by atoms with Crippen molar-refractivity contribution in [3.8, 4) is 11.5 Å². The number of allylic oxidation sites excluding steroid dienone is 1. The van der Waals surface area contributed by atoms with Gasteiger partial charge in [0.25, 0.3) is 0 Å². The van der Waals surface area contributed by atoms with E-state index in [4.69, 9.17) is 4.74 Å². The molecule has 0 radical (unpaired) electrons. The third kappa shape index (κ3) is 4.48. The van der Waals surface area contributed by atoms with Crippen LogP contribution in [-0.2, 0) is 6.42 Å². The Morgan fingerprint density at radius 1 is 1.04 bits per heavy atom. The number of methoxy groups -OCH3 is 1. The Morgan fingerprint density at radius 3 is 2.50 bits per heavy atom. The van der Waals surface area contributed by atoms with Crippen molar-refractivity contribution in [3.05, 3.63) is 101 Å². The number of hydrogen-bond donors (Lipinski definition) is 2. The number of ether oxygens (including phenoxy) is 1. The van der Waals surface area contributed by atoms with Gasteiger partial charge in [-0.2, -0.15) is 0 Å². The lowest BCUT2D eigenvalue weighted by Gasteiger charge is -2.12. The van der Waals surface area contributed by atoms with Gasteiger partial charge in [0.1, 0.15) is 6.10 Å². The zero-order chi connectivity index (χ0) is 19.9. The molecule has 0 amide bonds. The molecule has 0 aliphatic heterocycles. The smallest absolute Gasteiger partial charge is 0.196 e. The lowest BCUT2D eigenvalue weighted by atomic mass is 9.94. The van der Waals surface area contributed by atoms with Crippen LogP contribution in [0.2, 0.25) is 0 Å². The van der Waals surface area contributed by atoms with Crippen molar-refractivity contribution in [1.29, 1.82) is 0 Å². The Bertz CT molecular complexity index is 977. The second-order valence-electron chi connectivity index (χ2n) is 6.37. The highest BCUT2D eigenvalue weighted by atomic mass is 16.5. The van der Waals surface area contributed by atoms with Crippen LogP contribution in [0.15, 0.2) is 78.9 Å². The summed E-state index contributed by atoms with van der Waals surface area (Å²) in [5.41, 5.74) is 2.80. The highest BCUT2D eigenvalue weighted by molar-refractivity contribution is 6.01. The van der Waals surface area contributed by atoms with Gasteiger partial charge in [0.05, 0.1) is 7.11 Å². The van der Waals surface area contributed by atoms with Gasteiger partial charge in [-0.3, -0.25) is 4.79 Å². The first kappa shape index (κ1) is 19.4. The zero-order valence-electron chi connectivity index (χ0n) is 15.6. The number of Topliss-reactive ketones (excluding diaryl/α,β-unsaturated/α-hetero) is 1. The van der Waals surface area contributed by atoms with E-state index in [1.54, 1.807) is 54.6 Å². The molecule has 4 nitrogen and oxygen atoms in total. The van der Waals surface area contributed by atoms with Crippen molar-refractivity contribution >= 4 is 11.9 Å². The molecular weight excluding hydrogens is 352 g/mol. The first-order valence-electron chi connectivity index (χ1n) is 8.99. The molecule has 3 aromatic rings. The van der Waals surface area contributed by atoms with Gasteiger partial charge in [0, 0.05) is 5.56 Å². The van der Waals surface area contributed by atoms with Crippen LogP contribution < -0.4 is 4.74 Å². The summed E-state index contributed by atoms with van der Waals surface area (Å²) in [6.07, 6.45) is 3.18. The average Bonchev–Trinajstić information content (AvgIpc) is 2.75. The van der Waals surface area contributed by atoms with Crippen molar-refractivity contribution in [3.63, 3.8) is 0 Å². The summed E-state index contributed by atoms with van der Waals surface area (Å²) in [6, 6.07) is 21.3. The SMILES string of the molecule is COc1cc(/C=C/Cc2ccccc2C(=O)C(O)c2ccccc2)ccc1O.